The summed E-state index contributed by atoms with van der Waals surface area (Å²) in [4.78, 5) is 26.3. The Hall–Kier alpha value is -3.27. The van der Waals surface area contributed by atoms with Crippen molar-refractivity contribution in [3.05, 3.63) is 86.7 Å². The van der Waals surface area contributed by atoms with Crippen molar-refractivity contribution in [2.45, 2.75) is 19.1 Å². The van der Waals surface area contributed by atoms with Crippen molar-refractivity contribution in [2.24, 2.45) is 0 Å². The van der Waals surface area contributed by atoms with Crippen LogP contribution in [0.15, 0.2) is 70.0 Å². The first-order valence-corrected chi connectivity index (χ1v) is 13.0. The molecule has 0 aliphatic carbocycles. The Labute approximate surface area is 214 Å². The number of carbonyl (C=O) groups is 2. The van der Waals surface area contributed by atoms with Crippen molar-refractivity contribution in [3.63, 3.8) is 0 Å². The summed E-state index contributed by atoms with van der Waals surface area (Å²) in [5.41, 5.74) is 6.55. The summed E-state index contributed by atoms with van der Waals surface area (Å²) < 4.78 is 8.84. The zero-order chi connectivity index (χ0) is 23.9. The molecule has 4 aromatic rings. The Morgan fingerprint density at radius 1 is 1.14 bits per heavy atom. The highest BCUT2D eigenvalue weighted by atomic mass is 79.9. The minimum Gasteiger partial charge on any atom is -0.344 e. The summed E-state index contributed by atoms with van der Waals surface area (Å²) in [6.45, 7) is 0.552. The number of amides is 2. The number of hydrogen-bond donors (Lipinski definition) is 1. The van der Waals surface area contributed by atoms with Gasteiger partial charge in [-0.15, -0.1) is 0 Å². The maximum Gasteiger partial charge on any atom is 0.250 e. The van der Waals surface area contributed by atoms with Crippen LogP contribution in [-0.2, 0) is 27.2 Å². The van der Waals surface area contributed by atoms with Gasteiger partial charge in [0.25, 0.3) is 5.91 Å². The van der Waals surface area contributed by atoms with E-state index in [0.29, 0.717) is 19.4 Å². The lowest BCUT2D eigenvalue weighted by atomic mass is 10.1. The van der Waals surface area contributed by atoms with Crippen LogP contribution in [0.1, 0.15) is 22.9 Å². The predicted octanol–water partition coefficient (Wildman–Crippen LogP) is 4.96. The van der Waals surface area contributed by atoms with Crippen LogP contribution in [0.2, 0.25) is 0 Å². The summed E-state index contributed by atoms with van der Waals surface area (Å²) in [7, 11) is 0. The standard InChI is InChI=1S/C26H21BrN4O3S/c27-19-2-4-20(5-3-19)31-13-21(25(29-31)17-8-10-35-15-17)26-30(24(33)14-34-26)9-7-16-1-6-22-18(11-16)12-23(32)28-22/h1-6,8,10-11,13,15,26H,7,9,12,14H2,(H,28,32). The minimum atomic E-state index is -0.515. The average molecular weight is 549 g/mol. The average Bonchev–Trinajstić information content (AvgIpc) is 3.63. The van der Waals surface area contributed by atoms with Crippen molar-refractivity contribution in [2.75, 3.05) is 18.5 Å². The summed E-state index contributed by atoms with van der Waals surface area (Å²) in [5, 5.41) is 11.8. The van der Waals surface area contributed by atoms with Gasteiger partial charge in [-0.3, -0.25) is 9.59 Å². The number of anilines is 1. The second kappa shape index (κ2) is 9.07. The van der Waals surface area contributed by atoms with Gasteiger partial charge in [0, 0.05) is 39.4 Å². The van der Waals surface area contributed by atoms with Gasteiger partial charge in [-0.25, -0.2) is 4.68 Å². The molecule has 0 saturated carbocycles. The first-order chi connectivity index (χ1) is 17.0. The van der Waals surface area contributed by atoms with E-state index in [0.717, 1.165) is 43.8 Å². The molecule has 1 atom stereocenters. The highest BCUT2D eigenvalue weighted by Gasteiger charge is 2.36. The number of carbonyl (C=O) groups excluding carboxylic acids is 2. The lowest BCUT2D eigenvalue weighted by Crippen LogP contribution is -2.30. The molecule has 176 valence electrons. The van der Waals surface area contributed by atoms with E-state index in [-0.39, 0.29) is 18.4 Å². The topological polar surface area (TPSA) is 76.5 Å². The quantitative estimate of drug-likeness (QED) is 0.369. The minimum absolute atomic E-state index is 0.0177. The largest absolute Gasteiger partial charge is 0.344 e. The molecular weight excluding hydrogens is 528 g/mol. The molecule has 2 aliphatic rings. The third-order valence-corrected chi connectivity index (χ3v) is 7.51. The molecule has 4 heterocycles. The fourth-order valence-corrected chi connectivity index (χ4v) is 5.46. The van der Waals surface area contributed by atoms with Crippen LogP contribution >= 0.6 is 27.3 Å². The second-order valence-electron chi connectivity index (χ2n) is 8.58. The lowest BCUT2D eigenvalue weighted by Gasteiger charge is -2.23. The molecule has 2 aliphatic heterocycles. The van der Waals surface area contributed by atoms with Gasteiger partial charge < -0.3 is 15.0 Å². The Kier molecular flexibility index (Phi) is 5.75. The fraction of sp³-hybridized carbons (Fsp3) is 0.192. The third kappa shape index (κ3) is 4.31. The third-order valence-electron chi connectivity index (χ3n) is 6.30. The van der Waals surface area contributed by atoms with E-state index in [4.69, 9.17) is 9.84 Å². The summed E-state index contributed by atoms with van der Waals surface area (Å²) in [6.07, 6.45) is 2.51. The maximum atomic E-state index is 12.8. The maximum absolute atomic E-state index is 12.8. The number of fused-ring (bicyclic) bond motifs is 1. The molecule has 0 radical (unpaired) electrons. The number of halogens is 1. The van der Waals surface area contributed by atoms with Crippen LogP contribution < -0.4 is 5.32 Å². The number of ether oxygens (including phenoxy) is 1. The number of rotatable bonds is 6. The molecule has 6 rings (SSSR count). The molecule has 0 spiro atoms. The number of nitrogens with one attached hydrogen (secondary N) is 1. The molecule has 35 heavy (non-hydrogen) atoms. The highest BCUT2D eigenvalue weighted by Crippen LogP contribution is 2.36. The molecule has 1 N–H and O–H groups in total. The molecule has 9 heteroatoms. The van der Waals surface area contributed by atoms with Gasteiger partial charge in [-0.2, -0.15) is 16.4 Å². The first kappa shape index (κ1) is 22.2. The number of nitrogens with zero attached hydrogens (tertiary/aromatic N) is 3. The summed E-state index contributed by atoms with van der Waals surface area (Å²) >= 11 is 5.09. The fourth-order valence-electron chi connectivity index (χ4n) is 4.56. The van der Waals surface area contributed by atoms with Crippen LogP contribution in [0, 0.1) is 0 Å². The Balaban J connectivity index is 1.30. The Bertz CT molecular complexity index is 1420. The van der Waals surface area contributed by atoms with Crippen LogP contribution in [0.4, 0.5) is 5.69 Å². The van der Waals surface area contributed by atoms with Crippen molar-refractivity contribution in [1.82, 2.24) is 14.7 Å². The molecule has 1 saturated heterocycles. The lowest BCUT2D eigenvalue weighted by molar-refractivity contribution is -0.128. The van der Waals surface area contributed by atoms with Crippen molar-refractivity contribution >= 4 is 44.8 Å². The Morgan fingerprint density at radius 2 is 2.00 bits per heavy atom. The SMILES string of the molecule is O=C1Cc2cc(CCN3C(=O)COC3c3cn(-c4ccc(Br)cc4)nc3-c3ccsc3)ccc2N1. The molecule has 2 amide bonds. The first-order valence-electron chi connectivity index (χ1n) is 11.3. The normalized spacial score (nSPS) is 17.2. The second-order valence-corrected chi connectivity index (χ2v) is 10.3. The van der Waals surface area contributed by atoms with E-state index in [1.807, 2.05) is 64.8 Å². The van der Waals surface area contributed by atoms with Crippen LogP contribution in [0.25, 0.3) is 16.9 Å². The zero-order valence-electron chi connectivity index (χ0n) is 18.6. The van der Waals surface area contributed by atoms with Gasteiger partial charge in [0.2, 0.25) is 5.91 Å². The predicted molar refractivity (Wildman–Crippen MR) is 137 cm³/mol. The molecule has 0 bridgehead atoms. The van der Waals surface area contributed by atoms with E-state index in [1.54, 1.807) is 16.2 Å². The number of benzene rings is 2. The van der Waals surface area contributed by atoms with E-state index >= 15 is 0 Å². The van der Waals surface area contributed by atoms with Crippen LogP contribution in [0.5, 0.6) is 0 Å². The van der Waals surface area contributed by atoms with Gasteiger partial charge >= 0.3 is 0 Å². The van der Waals surface area contributed by atoms with Gasteiger partial charge in [0.05, 0.1) is 12.1 Å². The molecule has 2 aromatic heterocycles. The van der Waals surface area contributed by atoms with Crippen LogP contribution in [0.3, 0.4) is 0 Å². The van der Waals surface area contributed by atoms with Gasteiger partial charge in [-0.05, 0) is 59.3 Å². The number of thiophene rings is 1. The summed E-state index contributed by atoms with van der Waals surface area (Å²) in [5.74, 6) is -0.0234. The van der Waals surface area contributed by atoms with Crippen molar-refractivity contribution in [3.8, 4) is 16.9 Å². The monoisotopic (exact) mass is 548 g/mol. The van der Waals surface area contributed by atoms with Gasteiger partial charge in [0.1, 0.15) is 12.3 Å². The van der Waals surface area contributed by atoms with Crippen molar-refractivity contribution in [1.29, 1.82) is 0 Å². The molecular formula is C26H21BrN4O3S. The number of hydrogen-bond acceptors (Lipinski definition) is 5. The van der Waals surface area contributed by atoms with E-state index < -0.39 is 6.23 Å². The Morgan fingerprint density at radius 3 is 2.80 bits per heavy atom. The summed E-state index contributed by atoms with van der Waals surface area (Å²) in [6, 6.07) is 15.9. The highest BCUT2D eigenvalue weighted by molar-refractivity contribution is 9.10. The van der Waals surface area contributed by atoms with E-state index in [9.17, 15) is 9.59 Å². The zero-order valence-corrected chi connectivity index (χ0v) is 21.0. The molecule has 1 fully saturated rings. The van der Waals surface area contributed by atoms with Gasteiger partial charge in [0.15, 0.2) is 6.23 Å². The van der Waals surface area contributed by atoms with E-state index in [1.165, 1.54) is 0 Å². The molecule has 7 nitrogen and oxygen atoms in total. The van der Waals surface area contributed by atoms with E-state index in [2.05, 4.69) is 26.6 Å². The van der Waals surface area contributed by atoms with Gasteiger partial charge in [-0.1, -0.05) is 28.1 Å². The smallest absolute Gasteiger partial charge is 0.250 e. The van der Waals surface area contributed by atoms with Crippen molar-refractivity contribution < 1.29 is 14.3 Å². The van der Waals surface area contributed by atoms with Crippen LogP contribution in [-0.4, -0.2) is 39.6 Å². The number of aromatic nitrogens is 2. The molecule has 1 unspecified atom stereocenters. The molecule has 2 aromatic carbocycles.